The van der Waals surface area contributed by atoms with E-state index < -0.39 is 10.0 Å². The minimum absolute atomic E-state index is 0.115. The molecule has 0 aliphatic carbocycles. The SMILES string of the molecule is CN(C)S(=O)(=O)c1ccc(=O)n(CN2CCN(c3cccc(Cl)c3)CC2)c1. The van der Waals surface area contributed by atoms with Crippen LogP contribution in [0.25, 0.3) is 0 Å². The van der Waals surface area contributed by atoms with Gasteiger partial charge in [0.15, 0.2) is 0 Å². The molecule has 2 heterocycles. The number of halogens is 1. The van der Waals surface area contributed by atoms with Crippen molar-refractivity contribution in [3.63, 3.8) is 0 Å². The van der Waals surface area contributed by atoms with Gasteiger partial charge in [0, 0.05) is 63.2 Å². The second-order valence-electron chi connectivity index (χ2n) is 6.69. The number of nitrogens with zero attached hydrogens (tertiary/aromatic N) is 4. The van der Waals surface area contributed by atoms with Gasteiger partial charge in [0.2, 0.25) is 10.0 Å². The molecule has 2 aromatic rings. The van der Waals surface area contributed by atoms with Crippen LogP contribution in [0.2, 0.25) is 5.02 Å². The van der Waals surface area contributed by atoms with E-state index in [-0.39, 0.29) is 10.5 Å². The monoisotopic (exact) mass is 410 g/mol. The first-order valence-corrected chi connectivity index (χ1v) is 10.4. The van der Waals surface area contributed by atoms with Gasteiger partial charge in [-0.25, -0.2) is 12.7 Å². The van der Waals surface area contributed by atoms with Gasteiger partial charge in [0.05, 0.1) is 11.6 Å². The highest BCUT2D eigenvalue weighted by atomic mass is 35.5. The summed E-state index contributed by atoms with van der Waals surface area (Å²) in [5.41, 5.74) is 0.864. The number of rotatable bonds is 5. The van der Waals surface area contributed by atoms with Gasteiger partial charge in [-0.1, -0.05) is 17.7 Å². The van der Waals surface area contributed by atoms with Gasteiger partial charge in [-0.2, -0.15) is 0 Å². The van der Waals surface area contributed by atoms with Gasteiger partial charge < -0.3 is 9.47 Å². The molecule has 0 atom stereocenters. The normalized spacial score (nSPS) is 16.1. The molecule has 146 valence electrons. The largest absolute Gasteiger partial charge is 0.369 e. The third kappa shape index (κ3) is 4.52. The fraction of sp³-hybridized carbons (Fsp3) is 0.389. The van der Waals surface area contributed by atoms with Crippen LogP contribution in [0, 0.1) is 0 Å². The number of aromatic nitrogens is 1. The van der Waals surface area contributed by atoms with E-state index >= 15 is 0 Å². The van der Waals surface area contributed by atoms with Crippen molar-refractivity contribution in [2.24, 2.45) is 0 Å². The van der Waals surface area contributed by atoms with E-state index in [9.17, 15) is 13.2 Å². The van der Waals surface area contributed by atoms with Crippen molar-refractivity contribution in [3.8, 4) is 0 Å². The van der Waals surface area contributed by atoms with Crippen molar-refractivity contribution >= 4 is 27.3 Å². The quantitative estimate of drug-likeness (QED) is 0.748. The molecule has 0 unspecified atom stereocenters. The minimum Gasteiger partial charge on any atom is -0.369 e. The summed E-state index contributed by atoms with van der Waals surface area (Å²) in [5, 5.41) is 0.709. The third-order valence-corrected chi connectivity index (χ3v) is 6.67. The summed E-state index contributed by atoms with van der Waals surface area (Å²) < 4.78 is 27.2. The van der Waals surface area contributed by atoms with Gasteiger partial charge >= 0.3 is 0 Å². The van der Waals surface area contributed by atoms with Crippen molar-refractivity contribution in [2.45, 2.75) is 11.6 Å². The van der Waals surface area contributed by atoms with Crippen LogP contribution in [0.4, 0.5) is 5.69 Å². The lowest BCUT2D eigenvalue weighted by Gasteiger charge is -2.36. The van der Waals surface area contributed by atoms with Crippen LogP contribution in [-0.4, -0.2) is 62.5 Å². The summed E-state index contributed by atoms with van der Waals surface area (Å²) >= 11 is 6.06. The van der Waals surface area contributed by atoms with Crippen LogP contribution in [-0.2, 0) is 16.7 Å². The molecule has 0 spiro atoms. The molecule has 1 aliphatic rings. The first-order chi connectivity index (χ1) is 12.8. The van der Waals surface area contributed by atoms with Crippen LogP contribution in [0.5, 0.6) is 0 Å². The molecule has 0 bridgehead atoms. The maximum atomic E-state index is 12.3. The highest BCUT2D eigenvalue weighted by molar-refractivity contribution is 7.89. The summed E-state index contributed by atoms with van der Waals surface area (Å²) in [6.45, 7) is 3.52. The molecule has 1 fully saturated rings. The number of benzene rings is 1. The number of piperazine rings is 1. The summed E-state index contributed by atoms with van der Waals surface area (Å²) in [6.07, 6.45) is 1.42. The molecular formula is C18H23ClN4O3S. The Kier molecular flexibility index (Phi) is 5.90. The highest BCUT2D eigenvalue weighted by Gasteiger charge is 2.21. The van der Waals surface area contributed by atoms with Crippen molar-refractivity contribution in [1.82, 2.24) is 13.8 Å². The van der Waals surface area contributed by atoms with Gasteiger partial charge in [-0.3, -0.25) is 9.69 Å². The lowest BCUT2D eigenvalue weighted by molar-refractivity contribution is 0.202. The lowest BCUT2D eigenvalue weighted by atomic mass is 10.2. The van der Waals surface area contributed by atoms with Crippen molar-refractivity contribution in [1.29, 1.82) is 0 Å². The molecule has 0 saturated carbocycles. The Hall–Kier alpha value is -1.87. The van der Waals surface area contributed by atoms with Crippen molar-refractivity contribution in [2.75, 3.05) is 45.2 Å². The first-order valence-electron chi connectivity index (χ1n) is 8.63. The van der Waals surface area contributed by atoms with Crippen LogP contribution >= 0.6 is 11.6 Å². The second-order valence-corrected chi connectivity index (χ2v) is 9.27. The van der Waals surface area contributed by atoms with Crippen molar-refractivity contribution < 1.29 is 8.42 Å². The number of sulfonamides is 1. The molecule has 0 radical (unpaired) electrons. The maximum absolute atomic E-state index is 12.3. The number of hydrogen-bond acceptors (Lipinski definition) is 5. The average Bonchev–Trinajstić information content (AvgIpc) is 2.64. The zero-order valence-electron chi connectivity index (χ0n) is 15.4. The van der Waals surface area contributed by atoms with E-state index in [2.05, 4.69) is 9.80 Å². The molecule has 1 aromatic heterocycles. The standard InChI is InChI=1S/C18H23ClN4O3S/c1-20(2)27(25,26)17-6-7-18(24)23(13-17)14-21-8-10-22(11-9-21)16-5-3-4-15(19)12-16/h3-7,12-13H,8-11,14H2,1-2H3. The Morgan fingerprint density at radius 1 is 1.07 bits per heavy atom. The Morgan fingerprint density at radius 3 is 2.41 bits per heavy atom. The van der Waals surface area contributed by atoms with Gasteiger partial charge in [0.25, 0.3) is 5.56 Å². The topological polar surface area (TPSA) is 65.9 Å². The summed E-state index contributed by atoms with van der Waals surface area (Å²) in [5.74, 6) is 0. The fourth-order valence-electron chi connectivity index (χ4n) is 3.02. The number of pyridine rings is 1. The van der Waals surface area contributed by atoms with E-state index in [0.29, 0.717) is 11.7 Å². The Bertz CT molecular complexity index is 967. The summed E-state index contributed by atoms with van der Waals surface area (Å²) in [4.78, 5) is 16.7. The van der Waals surface area contributed by atoms with Crippen LogP contribution < -0.4 is 10.5 Å². The number of anilines is 1. The highest BCUT2D eigenvalue weighted by Crippen LogP contribution is 2.21. The Labute approximate surface area is 164 Å². The summed E-state index contributed by atoms with van der Waals surface area (Å²) in [7, 11) is -0.627. The minimum atomic E-state index is -3.57. The van der Waals surface area contributed by atoms with E-state index in [1.54, 1.807) is 0 Å². The van der Waals surface area contributed by atoms with Crippen LogP contribution in [0.1, 0.15) is 0 Å². The van der Waals surface area contributed by atoms with E-state index in [0.717, 1.165) is 36.2 Å². The smallest absolute Gasteiger partial charge is 0.251 e. The zero-order valence-corrected chi connectivity index (χ0v) is 16.9. The fourth-order valence-corrected chi connectivity index (χ4v) is 4.13. The predicted molar refractivity (Wildman–Crippen MR) is 107 cm³/mol. The maximum Gasteiger partial charge on any atom is 0.251 e. The molecule has 27 heavy (non-hydrogen) atoms. The molecule has 1 aromatic carbocycles. The first kappa shape index (κ1) is 19.9. The second kappa shape index (κ2) is 8.02. The predicted octanol–water partition coefficient (Wildman–Crippen LogP) is 1.53. The van der Waals surface area contributed by atoms with Crippen LogP contribution in [0.15, 0.2) is 52.3 Å². The molecule has 1 saturated heterocycles. The zero-order chi connectivity index (χ0) is 19.6. The molecular weight excluding hydrogens is 388 g/mol. The third-order valence-electron chi connectivity index (χ3n) is 4.63. The molecule has 0 N–H and O–H groups in total. The van der Waals surface area contributed by atoms with E-state index in [1.807, 2.05) is 24.3 Å². The van der Waals surface area contributed by atoms with Gasteiger partial charge in [0.1, 0.15) is 0 Å². The summed E-state index contributed by atoms with van der Waals surface area (Å²) in [6, 6.07) is 10.4. The van der Waals surface area contributed by atoms with Gasteiger partial charge in [-0.05, 0) is 24.3 Å². The van der Waals surface area contributed by atoms with E-state index in [4.69, 9.17) is 11.6 Å². The van der Waals surface area contributed by atoms with E-state index in [1.165, 1.54) is 37.0 Å². The molecule has 7 nitrogen and oxygen atoms in total. The molecule has 1 aliphatic heterocycles. The van der Waals surface area contributed by atoms with Gasteiger partial charge in [-0.15, -0.1) is 0 Å². The molecule has 9 heteroatoms. The Balaban J connectivity index is 1.69. The Morgan fingerprint density at radius 2 is 1.78 bits per heavy atom. The molecule has 0 amide bonds. The molecule has 3 rings (SSSR count). The number of hydrogen-bond donors (Lipinski definition) is 0. The van der Waals surface area contributed by atoms with Crippen LogP contribution in [0.3, 0.4) is 0 Å². The average molecular weight is 411 g/mol. The lowest BCUT2D eigenvalue weighted by Crippen LogP contribution is -2.47. The van der Waals surface area contributed by atoms with Crippen molar-refractivity contribution in [3.05, 3.63) is 58.0 Å².